The maximum absolute atomic E-state index is 14.1. The first-order valence-corrected chi connectivity index (χ1v) is 8.06. The lowest BCUT2D eigenvalue weighted by atomic mass is 10.2. The van der Waals surface area contributed by atoms with Gasteiger partial charge in [0, 0.05) is 12.1 Å². The molecule has 2 heterocycles. The lowest BCUT2D eigenvalue weighted by Gasteiger charge is -2.12. The molecule has 3 rings (SSSR count). The Hall–Kier alpha value is -2.90. The van der Waals surface area contributed by atoms with Gasteiger partial charge in [-0.25, -0.2) is 14.2 Å². The van der Waals surface area contributed by atoms with Gasteiger partial charge in [0.25, 0.3) is 5.56 Å². The van der Waals surface area contributed by atoms with Gasteiger partial charge in [-0.05, 0) is 24.6 Å². The zero-order valence-corrected chi connectivity index (χ0v) is 14.1. The number of nitrogens with zero attached hydrogens (tertiary/aromatic N) is 3. The van der Waals surface area contributed by atoms with Crippen LogP contribution in [0.2, 0.25) is 0 Å². The highest BCUT2D eigenvalue weighted by molar-refractivity contribution is 5.68. The average molecular weight is 346 g/mol. The van der Waals surface area contributed by atoms with E-state index >= 15 is 0 Å². The van der Waals surface area contributed by atoms with Gasteiger partial charge in [0.15, 0.2) is 5.65 Å². The predicted molar refractivity (Wildman–Crippen MR) is 91.6 cm³/mol. The minimum Gasteiger partial charge on any atom is -0.497 e. The van der Waals surface area contributed by atoms with Gasteiger partial charge < -0.3 is 9.72 Å². The van der Waals surface area contributed by atoms with Crippen molar-refractivity contribution >= 4 is 11.2 Å². The minimum absolute atomic E-state index is 0.179. The highest BCUT2D eigenvalue weighted by Gasteiger charge is 2.16. The Morgan fingerprint density at radius 1 is 1.28 bits per heavy atom. The van der Waals surface area contributed by atoms with Crippen LogP contribution < -0.4 is 16.0 Å². The summed E-state index contributed by atoms with van der Waals surface area (Å²) in [5, 5.41) is 0. The second kappa shape index (κ2) is 6.92. The number of hydrogen-bond acceptors (Lipinski definition) is 4. The van der Waals surface area contributed by atoms with Crippen LogP contribution in [0.25, 0.3) is 11.2 Å². The zero-order valence-electron chi connectivity index (χ0n) is 14.1. The maximum atomic E-state index is 14.1. The van der Waals surface area contributed by atoms with Crippen molar-refractivity contribution in [2.24, 2.45) is 0 Å². The second-order valence-electron chi connectivity index (χ2n) is 5.74. The molecular weight excluding hydrogens is 327 g/mol. The third-order valence-corrected chi connectivity index (χ3v) is 4.11. The van der Waals surface area contributed by atoms with Gasteiger partial charge in [0.1, 0.15) is 17.1 Å². The van der Waals surface area contributed by atoms with Crippen molar-refractivity contribution < 1.29 is 9.13 Å². The highest BCUT2D eigenvalue weighted by Crippen LogP contribution is 2.17. The Labute approximate surface area is 142 Å². The predicted octanol–water partition coefficient (Wildman–Crippen LogP) is 1.88. The lowest BCUT2D eigenvalue weighted by molar-refractivity contribution is 0.412. The topological polar surface area (TPSA) is 81.9 Å². The van der Waals surface area contributed by atoms with E-state index in [4.69, 9.17) is 4.74 Å². The second-order valence-corrected chi connectivity index (χ2v) is 5.74. The normalized spacial score (nSPS) is 11.2. The summed E-state index contributed by atoms with van der Waals surface area (Å²) in [7, 11) is 1.47. The fourth-order valence-electron chi connectivity index (χ4n) is 2.73. The number of unbranched alkanes of at least 4 members (excludes halogenated alkanes) is 1. The number of nitrogens with one attached hydrogen (secondary N) is 1. The van der Waals surface area contributed by atoms with E-state index < -0.39 is 17.1 Å². The molecule has 0 saturated heterocycles. The van der Waals surface area contributed by atoms with Crippen molar-refractivity contribution in [3.8, 4) is 5.75 Å². The first kappa shape index (κ1) is 16.9. The van der Waals surface area contributed by atoms with E-state index in [2.05, 4.69) is 9.97 Å². The van der Waals surface area contributed by atoms with Crippen molar-refractivity contribution in [3.05, 3.63) is 56.7 Å². The van der Waals surface area contributed by atoms with Crippen LogP contribution in [0.15, 0.2) is 34.1 Å². The van der Waals surface area contributed by atoms with E-state index in [0.29, 0.717) is 17.9 Å². The number of rotatable bonds is 6. The summed E-state index contributed by atoms with van der Waals surface area (Å²) in [4.78, 5) is 32.3. The average Bonchev–Trinajstić information content (AvgIpc) is 3.10. The fraction of sp³-hybridized carbons (Fsp3) is 0.353. The van der Waals surface area contributed by atoms with Crippen LogP contribution in [0.4, 0.5) is 4.39 Å². The molecular formula is C17H19FN4O3. The summed E-state index contributed by atoms with van der Waals surface area (Å²) in [5.74, 6) is -0.0460. The van der Waals surface area contributed by atoms with E-state index in [1.54, 1.807) is 0 Å². The number of fused-ring (bicyclic) bond motifs is 1. The van der Waals surface area contributed by atoms with Crippen molar-refractivity contribution in [2.45, 2.75) is 32.9 Å². The number of hydrogen-bond donors (Lipinski definition) is 1. The van der Waals surface area contributed by atoms with Crippen LogP contribution in [-0.2, 0) is 13.1 Å². The Balaban J connectivity index is 2.16. The molecule has 132 valence electrons. The molecule has 7 nitrogen and oxygen atoms in total. The Bertz CT molecular complexity index is 1020. The van der Waals surface area contributed by atoms with E-state index in [0.717, 1.165) is 17.4 Å². The molecule has 3 aromatic rings. The summed E-state index contributed by atoms with van der Waals surface area (Å²) in [6, 6.07) is 4.22. The largest absolute Gasteiger partial charge is 0.497 e. The van der Waals surface area contributed by atoms with Gasteiger partial charge in [0.2, 0.25) is 0 Å². The Kier molecular flexibility index (Phi) is 4.69. The number of ether oxygens (including phenoxy) is 1. The van der Waals surface area contributed by atoms with Crippen LogP contribution in [0.1, 0.15) is 25.3 Å². The zero-order chi connectivity index (χ0) is 18.0. The van der Waals surface area contributed by atoms with Crippen molar-refractivity contribution in [3.63, 3.8) is 0 Å². The molecule has 2 aromatic heterocycles. The molecule has 8 heteroatoms. The summed E-state index contributed by atoms with van der Waals surface area (Å²) in [6.45, 7) is 2.27. The number of methoxy groups -OCH3 is 1. The molecule has 0 spiro atoms. The molecule has 0 amide bonds. The van der Waals surface area contributed by atoms with Crippen LogP contribution >= 0.6 is 0 Å². The number of halogens is 1. The Morgan fingerprint density at radius 3 is 2.80 bits per heavy atom. The van der Waals surface area contributed by atoms with Crippen LogP contribution in [0.3, 0.4) is 0 Å². The first-order chi connectivity index (χ1) is 12.1. The fourth-order valence-corrected chi connectivity index (χ4v) is 2.73. The van der Waals surface area contributed by atoms with E-state index in [1.807, 2.05) is 6.92 Å². The molecule has 0 aliphatic heterocycles. The molecule has 0 fully saturated rings. The standard InChI is InChI=1S/C17H19FN4O3/c1-3-4-7-21-15-14(19-10-20-15)16(23)22(17(21)24)9-11-8-12(25-2)5-6-13(11)18/h5-6,8,10H,3-4,7,9H2,1-2H3,(H,19,20). The Morgan fingerprint density at radius 2 is 2.08 bits per heavy atom. The molecule has 1 aromatic carbocycles. The number of aromatic nitrogens is 4. The highest BCUT2D eigenvalue weighted by atomic mass is 19.1. The molecule has 0 unspecified atom stereocenters. The minimum atomic E-state index is -0.521. The first-order valence-electron chi connectivity index (χ1n) is 8.06. The van der Waals surface area contributed by atoms with Crippen molar-refractivity contribution in [1.82, 2.24) is 19.1 Å². The molecule has 0 saturated carbocycles. The van der Waals surface area contributed by atoms with Gasteiger partial charge in [-0.1, -0.05) is 13.3 Å². The lowest BCUT2D eigenvalue weighted by Crippen LogP contribution is -2.40. The number of aromatic amines is 1. The summed E-state index contributed by atoms with van der Waals surface area (Å²) >= 11 is 0. The SMILES string of the molecule is CCCCn1c(=O)n(Cc2cc(OC)ccc2F)c(=O)c2[nH]cnc21. The van der Waals surface area contributed by atoms with Crippen molar-refractivity contribution in [2.75, 3.05) is 7.11 Å². The summed E-state index contributed by atoms with van der Waals surface area (Å²) in [6.07, 6.45) is 3.04. The molecule has 0 atom stereocenters. The van der Waals surface area contributed by atoms with Gasteiger partial charge in [0.05, 0.1) is 20.0 Å². The van der Waals surface area contributed by atoms with Gasteiger partial charge in [-0.3, -0.25) is 13.9 Å². The van der Waals surface area contributed by atoms with Gasteiger partial charge in [-0.15, -0.1) is 0 Å². The quantitative estimate of drug-likeness (QED) is 0.739. The smallest absolute Gasteiger partial charge is 0.333 e. The van der Waals surface area contributed by atoms with Crippen LogP contribution in [0.5, 0.6) is 5.75 Å². The molecule has 0 aliphatic rings. The van der Waals surface area contributed by atoms with Crippen LogP contribution in [-0.4, -0.2) is 26.2 Å². The van der Waals surface area contributed by atoms with E-state index in [9.17, 15) is 14.0 Å². The van der Waals surface area contributed by atoms with E-state index in [1.165, 1.54) is 36.2 Å². The summed E-state index contributed by atoms with van der Waals surface area (Å²) < 4.78 is 21.7. The van der Waals surface area contributed by atoms with Gasteiger partial charge >= 0.3 is 5.69 Å². The number of H-pyrrole nitrogens is 1. The molecule has 0 radical (unpaired) electrons. The summed E-state index contributed by atoms with van der Waals surface area (Å²) in [5.41, 5.74) is -0.253. The van der Waals surface area contributed by atoms with Crippen molar-refractivity contribution in [1.29, 1.82) is 0 Å². The third-order valence-electron chi connectivity index (χ3n) is 4.11. The molecule has 1 N–H and O–H groups in total. The molecule has 0 bridgehead atoms. The molecule has 0 aliphatic carbocycles. The van der Waals surface area contributed by atoms with E-state index in [-0.39, 0.29) is 17.6 Å². The number of aryl methyl sites for hydroxylation is 1. The monoisotopic (exact) mass is 346 g/mol. The van der Waals surface area contributed by atoms with Crippen LogP contribution in [0, 0.1) is 5.82 Å². The third kappa shape index (κ3) is 3.07. The van der Waals surface area contributed by atoms with Gasteiger partial charge in [-0.2, -0.15) is 0 Å². The number of imidazole rings is 1. The maximum Gasteiger partial charge on any atom is 0.333 e. The molecule has 25 heavy (non-hydrogen) atoms. The number of benzene rings is 1.